The van der Waals surface area contributed by atoms with Crippen molar-refractivity contribution in [1.82, 2.24) is 4.98 Å². The normalized spacial score (nSPS) is 18.4. The fourth-order valence-electron chi connectivity index (χ4n) is 3.33. The van der Waals surface area contributed by atoms with E-state index >= 15 is 0 Å². The fraction of sp³-hybridized carbons (Fsp3) is 0.136. The molecule has 5 nitrogen and oxygen atoms in total. The molecule has 2 heterocycles. The molecule has 1 saturated heterocycles. The molecule has 0 aliphatic carbocycles. The second kappa shape index (κ2) is 7.25. The van der Waals surface area contributed by atoms with Crippen LogP contribution in [-0.4, -0.2) is 21.8 Å². The molecule has 3 aromatic rings. The minimum atomic E-state index is -1.11. The summed E-state index contributed by atoms with van der Waals surface area (Å²) in [5, 5.41) is 11.2. The van der Waals surface area contributed by atoms with E-state index in [1.807, 2.05) is 6.92 Å². The van der Waals surface area contributed by atoms with E-state index < -0.39 is 23.5 Å². The first-order valence-corrected chi connectivity index (χ1v) is 9.76. The molecule has 4 rings (SSSR count). The molecule has 1 fully saturated rings. The second-order valence-electron chi connectivity index (χ2n) is 6.69. The average molecular weight is 408 g/mol. The fourth-order valence-corrected chi connectivity index (χ4v) is 4.27. The van der Waals surface area contributed by atoms with Crippen LogP contribution in [0.4, 0.5) is 9.52 Å². The quantitative estimate of drug-likeness (QED) is 0.393. The van der Waals surface area contributed by atoms with E-state index in [0.717, 1.165) is 10.6 Å². The van der Waals surface area contributed by atoms with E-state index in [2.05, 4.69) is 4.98 Å². The van der Waals surface area contributed by atoms with Crippen LogP contribution in [0.15, 0.2) is 60.2 Å². The number of aryl methyl sites for hydroxylation is 2. The maximum absolute atomic E-state index is 14.7. The van der Waals surface area contributed by atoms with Crippen LogP contribution in [0.3, 0.4) is 0 Å². The summed E-state index contributed by atoms with van der Waals surface area (Å²) in [4.78, 5) is 32.3. The lowest BCUT2D eigenvalue weighted by Crippen LogP contribution is -2.29. The number of Topliss-reactive ketones (excluding diaryl/α,β-unsaturated/α-hetero) is 1. The lowest BCUT2D eigenvalue weighted by molar-refractivity contribution is -0.132. The van der Waals surface area contributed by atoms with Gasteiger partial charge >= 0.3 is 5.91 Å². The van der Waals surface area contributed by atoms with Gasteiger partial charge in [-0.1, -0.05) is 48.5 Å². The number of benzene rings is 2. The minimum absolute atomic E-state index is 0.120. The van der Waals surface area contributed by atoms with E-state index in [-0.39, 0.29) is 16.9 Å². The molecular weight excluding hydrogens is 391 g/mol. The van der Waals surface area contributed by atoms with Gasteiger partial charge < -0.3 is 5.11 Å². The molecule has 2 aromatic carbocycles. The van der Waals surface area contributed by atoms with Crippen LogP contribution >= 0.6 is 11.3 Å². The Kier molecular flexibility index (Phi) is 4.76. The number of aliphatic hydroxyl groups excluding tert-OH is 1. The average Bonchev–Trinajstić information content (AvgIpc) is 3.18. The Labute approximate surface area is 170 Å². The number of hydrogen-bond donors (Lipinski definition) is 1. The van der Waals surface area contributed by atoms with Crippen molar-refractivity contribution in [3.8, 4) is 0 Å². The van der Waals surface area contributed by atoms with Crippen LogP contribution in [0.2, 0.25) is 0 Å². The van der Waals surface area contributed by atoms with E-state index in [4.69, 9.17) is 0 Å². The molecule has 1 unspecified atom stereocenters. The number of thiazole rings is 1. The lowest BCUT2D eigenvalue weighted by atomic mass is 9.95. The van der Waals surface area contributed by atoms with Crippen LogP contribution in [-0.2, 0) is 9.59 Å². The highest BCUT2D eigenvalue weighted by Crippen LogP contribution is 2.44. The van der Waals surface area contributed by atoms with Crippen LogP contribution in [0.5, 0.6) is 0 Å². The minimum Gasteiger partial charge on any atom is -0.507 e. The van der Waals surface area contributed by atoms with Crippen molar-refractivity contribution < 1.29 is 19.1 Å². The van der Waals surface area contributed by atoms with Gasteiger partial charge in [0.05, 0.1) is 11.3 Å². The van der Waals surface area contributed by atoms with E-state index in [9.17, 15) is 19.1 Å². The zero-order valence-electron chi connectivity index (χ0n) is 15.7. The van der Waals surface area contributed by atoms with Crippen molar-refractivity contribution in [2.75, 3.05) is 4.90 Å². The molecule has 1 aliphatic rings. The maximum atomic E-state index is 14.7. The van der Waals surface area contributed by atoms with Crippen molar-refractivity contribution in [3.05, 3.63) is 87.7 Å². The maximum Gasteiger partial charge on any atom is 0.301 e. The lowest BCUT2D eigenvalue weighted by Gasteiger charge is -2.23. The van der Waals surface area contributed by atoms with Crippen LogP contribution < -0.4 is 4.90 Å². The number of nitrogens with zero attached hydrogens (tertiary/aromatic N) is 2. The molecule has 0 radical (unpaired) electrons. The topological polar surface area (TPSA) is 70.5 Å². The molecule has 1 aliphatic heterocycles. The number of aliphatic hydroxyl groups is 1. The number of rotatable bonds is 3. The van der Waals surface area contributed by atoms with Gasteiger partial charge in [0.25, 0.3) is 5.78 Å². The monoisotopic (exact) mass is 408 g/mol. The van der Waals surface area contributed by atoms with Gasteiger partial charge in [0, 0.05) is 16.0 Å². The van der Waals surface area contributed by atoms with E-state index in [1.54, 1.807) is 43.3 Å². The summed E-state index contributed by atoms with van der Waals surface area (Å²) in [7, 11) is 0. The number of carbonyl (C=O) groups excluding carboxylic acids is 2. The standard InChI is InChI=1S/C22H17FN2O3S/c1-12-13(2)29-22(24-12)25-18(15-10-6-7-11-16(15)23)17(20(27)21(25)28)19(26)14-8-4-3-5-9-14/h3-11,18,26H,1-2H3/b19-17-. The molecule has 0 bridgehead atoms. The van der Waals surface area contributed by atoms with Gasteiger partial charge in [-0.15, -0.1) is 11.3 Å². The predicted octanol–water partition coefficient (Wildman–Crippen LogP) is 4.53. The Bertz CT molecular complexity index is 1130. The van der Waals surface area contributed by atoms with Crippen molar-refractivity contribution in [1.29, 1.82) is 0 Å². The third-order valence-corrected chi connectivity index (χ3v) is 5.99. The van der Waals surface area contributed by atoms with Crippen LogP contribution in [0.1, 0.15) is 27.7 Å². The largest absolute Gasteiger partial charge is 0.507 e. The van der Waals surface area contributed by atoms with Gasteiger partial charge in [-0.2, -0.15) is 0 Å². The second-order valence-corrected chi connectivity index (χ2v) is 7.88. The number of halogens is 1. The summed E-state index contributed by atoms with van der Waals surface area (Å²) in [6.07, 6.45) is 0. The van der Waals surface area contributed by atoms with Gasteiger partial charge in [-0.05, 0) is 19.9 Å². The van der Waals surface area contributed by atoms with Crippen molar-refractivity contribution in [2.45, 2.75) is 19.9 Å². The molecule has 1 amide bonds. The summed E-state index contributed by atoms with van der Waals surface area (Å²) in [6, 6.07) is 13.2. The highest BCUT2D eigenvalue weighted by molar-refractivity contribution is 7.16. The van der Waals surface area contributed by atoms with Gasteiger partial charge in [0.1, 0.15) is 17.6 Å². The van der Waals surface area contributed by atoms with Crippen molar-refractivity contribution in [2.24, 2.45) is 0 Å². The zero-order valence-corrected chi connectivity index (χ0v) is 16.5. The molecule has 1 N–H and O–H groups in total. The highest BCUT2D eigenvalue weighted by atomic mass is 32.1. The third kappa shape index (κ3) is 3.13. The number of aromatic nitrogens is 1. The summed E-state index contributed by atoms with van der Waals surface area (Å²) >= 11 is 1.25. The molecule has 0 spiro atoms. The first-order valence-electron chi connectivity index (χ1n) is 8.95. The van der Waals surface area contributed by atoms with Gasteiger partial charge in [-0.25, -0.2) is 9.37 Å². The Morgan fingerprint density at radius 1 is 1.07 bits per heavy atom. The third-order valence-electron chi connectivity index (χ3n) is 4.91. The summed E-state index contributed by atoms with van der Waals surface area (Å²) in [6.45, 7) is 3.66. The Morgan fingerprint density at radius 3 is 2.34 bits per heavy atom. The molecule has 1 atom stereocenters. The van der Waals surface area contributed by atoms with Crippen LogP contribution in [0, 0.1) is 19.7 Å². The number of ketones is 1. The number of amides is 1. The SMILES string of the molecule is Cc1nc(N2C(=O)C(=O)/C(=C(\O)c3ccccc3)C2c2ccccc2F)sc1C. The van der Waals surface area contributed by atoms with Crippen LogP contribution in [0.25, 0.3) is 5.76 Å². The summed E-state index contributed by atoms with van der Waals surface area (Å²) < 4.78 is 14.7. The highest BCUT2D eigenvalue weighted by Gasteiger charge is 2.49. The summed E-state index contributed by atoms with van der Waals surface area (Å²) in [5.74, 6) is -2.63. The number of anilines is 1. The molecule has 0 saturated carbocycles. The first-order chi connectivity index (χ1) is 13.9. The van der Waals surface area contributed by atoms with Crippen molar-refractivity contribution >= 4 is 33.9 Å². The smallest absolute Gasteiger partial charge is 0.301 e. The molecule has 29 heavy (non-hydrogen) atoms. The first kappa shape index (κ1) is 19.0. The van der Waals surface area contributed by atoms with Gasteiger partial charge in [-0.3, -0.25) is 14.5 Å². The number of hydrogen-bond acceptors (Lipinski definition) is 5. The van der Waals surface area contributed by atoms with Gasteiger partial charge in [0.15, 0.2) is 5.13 Å². The Morgan fingerprint density at radius 2 is 1.72 bits per heavy atom. The van der Waals surface area contributed by atoms with Crippen molar-refractivity contribution in [3.63, 3.8) is 0 Å². The zero-order chi connectivity index (χ0) is 20.7. The van der Waals surface area contributed by atoms with E-state index in [0.29, 0.717) is 10.7 Å². The molecular formula is C22H17FN2O3S. The Balaban J connectivity index is 1.99. The van der Waals surface area contributed by atoms with E-state index in [1.165, 1.54) is 34.4 Å². The molecule has 7 heteroatoms. The predicted molar refractivity (Wildman–Crippen MR) is 109 cm³/mol. The number of carbonyl (C=O) groups is 2. The Hall–Kier alpha value is -3.32. The summed E-state index contributed by atoms with van der Waals surface area (Å²) in [5.41, 5.74) is 1.06. The molecule has 1 aromatic heterocycles. The van der Waals surface area contributed by atoms with Gasteiger partial charge in [0.2, 0.25) is 0 Å². The molecule has 146 valence electrons.